The summed E-state index contributed by atoms with van der Waals surface area (Å²) in [6, 6.07) is 6.36. The highest BCUT2D eigenvalue weighted by molar-refractivity contribution is 5.92. The minimum atomic E-state index is -0.512. The van der Waals surface area contributed by atoms with Gasteiger partial charge < -0.3 is 5.32 Å². The van der Waals surface area contributed by atoms with Gasteiger partial charge in [-0.05, 0) is 5.41 Å². The number of fused-ring (bicyclic) bond motifs is 1. The molecule has 1 saturated heterocycles. The van der Waals surface area contributed by atoms with E-state index in [4.69, 9.17) is 0 Å². The number of ketones is 1. The molecule has 120 valence electrons. The fourth-order valence-corrected chi connectivity index (χ4v) is 3.64. The van der Waals surface area contributed by atoms with Gasteiger partial charge in [0.2, 0.25) is 5.91 Å². The smallest absolute Gasteiger partial charge is 0.272 e. The number of amides is 1. The molecule has 0 bridgehead atoms. The number of nitro groups is 1. The molecule has 1 aromatic rings. The first-order chi connectivity index (χ1) is 10.8. The van der Waals surface area contributed by atoms with E-state index in [0.717, 1.165) is 0 Å². The van der Waals surface area contributed by atoms with Crippen molar-refractivity contribution in [1.29, 1.82) is 0 Å². The molecule has 1 amide bonds. The number of carbonyl (C=O) groups is 2. The normalized spacial score (nSPS) is 26.1. The van der Waals surface area contributed by atoms with Gasteiger partial charge in [0.05, 0.1) is 10.8 Å². The summed E-state index contributed by atoms with van der Waals surface area (Å²) in [4.78, 5) is 35.6. The van der Waals surface area contributed by atoms with Gasteiger partial charge in [0, 0.05) is 36.1 Å². The largest absolute Gasteiger partial charge is 0.329 e. The Morgan fingerprint density at radius 2 is 1.96 bits per heavy atom. The van der Waals surface area contributed by atoms with Crippen LogP contribution in [0.25, 0.3) is 0 Å². The molecule has 0 spiro atoms. The van der Waals surface area contributed by atoms with Crippen LogP contribution >= 0.6 is 0 Å². The van der Waals surface area contributed by atoms with Crippen LogP contribution in [-0.2, 0) is 9.59 Å². The summed E-state index contributed by atoms with van der Waals surface area (Å²) in [5, 5.41) is 14.1. The molecule has 1 aliphatic heterocycles. The fraction of sp³-hybridized carbons (Fsp3) is 0.412. The number of benzene rings is 1. The number of hydrogen-bond donors (Lipinski definition) is 1. The molecule has 2 atom stereocenters. The molecule has 1 fully saturated rings. The van der Waals surface area contributed by atoms with E-state index in [1.54, 1.807) is 18.2 Å². The minimum absolute atomic E-state index is 0.0238. The number of carbonyl (C=O) groups excluding carboxylic acids is 2. The maximum absolute atomic E-state index is 12.7. The third kappa shape index (κ3) is 2.76. The Morgan fingerprint density at radius 1 is 1.26 bits per heavy atom. The minimum Gasteiger partial charge on any atom is -0.329 e. The van der Waals surface area contributed by atoms with E-state index >= 15 is 0 Å². The second-order valence-electron chi connectivity index (χ2n) is 6.88. The van der Waals surface area contributed by atoms with Crippen LogP contribution in [0.3, 0.4) is 0 Å². The molecule has 0 saturated carbocycles. The number of hydrogen-bond acceptors (Lipinski definition) is 4. The van der Waals surface area contributed by atoms with E-state index in [9.17, 15) is 19.7 Å². The van der Waals surface area contributed by atoms with Crippen LogP contribution in [0, 0.1) is 21.4 Å². The van der Waals surface area contributed by atoms with Crippen LogP contribution in [0.4, 0.5) is 5.69 Å². The Bertz CT molecular complexity index is 736. The number of nitro benzene ring substituents is 1. The van der Waals surface area contributed by atoms with E-state index in [-0.39, 0.29) is 29.2 Å². The molecule has 1 aliphatic carbocycles. The molecule has 23 heavy (non-hydrogen) atoms. The number of piperidine rings is 1. The van der Waals surface area contributed by atoms with Crippen molar-refractivity contribution in [2.24, 2.45) is 11.3 Å². The lowest BCUT2D eigenvalue weighted by molar-refractivity contribution is -0.385. The molecule has 6 heteroatoms. The van der Waals surface area contributed by atoms with Gasteiger partial charge in [0.25, 0.3) is 5.69 Å². The van der Waals surface area contributed by atoms with Crippen molar-refractivity contribution in [2.45, 2.75) is 32.6 Å². The molecule has 0 radical (unpaired) electrons. The van der Waals surface area contributed by atoms with Gasteiger partial charge in [-0.25, -0.2) is 0 Å². The van der Waals surface area contributed by atoms with Crippen LogP contribution in [-0.4, -0.2) is 16.6 Å². The van der Waals surface area contributed by atoms with Crippen LogP contribution in [0.2, 0.25) is 0 Å². The van der Waals surface area contributed by atoms with Gasteiger partial charge in [-0.2, -0.15) is 0 Å². The summed E-state index contributed by atoms with van der Waals surface area (Å²) < 4.78 is 0. The zero-order valence-electron chi connectivity index (χ0n) is 13.0. The van der Waals surface area contributed by atoms with E-state index in [0.29, 0.717) is 17.7 Å². The lowest BCUT2D eigenvalue weighted by Crippen LogP contribution is -2.45. The SMILES string of the molecule is CC1(C)C=C2NC(=O)C[C@@H](c3ccccc3[N+](=O)[O-])[C@@H]2C(=O)C1. The zero-order valence-corrected chi connectivity index (χ0v) is 13.0. The summed E-state index contributed by atoms with van der Waals surface area (Å²) in [6.07, 6.45) is 2.37. The number of allylic oxidation sites excluding steroid dienone is 2. The molecular formula is C17H18N2O4. The molecule has 3 rings (SSSR count). The van der Waals surface area contributed by atoms with Crippen LogP contribution in [0.15, 0.2) is 36.0 Å². The predicted octanol–water partition coefficient (Wildman–Crippen LogP) is 2.70. The van der Waals surface area contributed by atoms with Gasteiger partial charge in [-0.3, -0.25) is 19.7 Å². The highest BCUT2D eigenvalue weighted by Gasteiger charge is 2.45. The molecule has 6 nitrogen and oxygen atoms in total. The monoisotopic (exact) mass is 314 g/mol. The predicted molar refractivity (Wildman–Crippen MR) is 83.6 cm³/mol. The zero-order chi connectivity index (χ0) is 16.8. The molecule has 0 aromatic heterocycles. The second kappa shape index (κ2) is 5.30. The van der Waals surface area contributed by atoms with Crippen LogP contribution in [0.5, 0.6) is 0 Å². The Hall–Kier alpha value is -2.50. The number of nitrogens with one attached hydrogen (secondary N) is 1. The number of Topliss-reactive ketones (excluding diaryl/α,β-unsaturated/α-hetero) is 1. The first kappa shape index (κ1) is 15.4. The Labute approximate surface area is 133 Å². The van der Waals surface area contributed by atoms with Crippen molar-refractivity contribution < 1.29 is 14.5 Å². The van der Waals surface area contributed by atoms with Crippen molar-refractivity contribution in [3.05, 3.63) is 51.7 Å². The quantitative estimate of drug-likeness (QED) is 0.671. The van der Waals surface area contributed by atoms with Gasteiger partial charge in [0.15, 0.2) is 0 Å². The molecule has 1 aromatic carbocycles. The standard InChI is InChI=1S/C17H18N2O4/c1-17(2)8-12-16(14(20)9-17)11(7-15(21)18-12)10-5-3-4-6-13(10)19(22)23/h3-6,8,11,16H,7,9H2,1-2H3,(H,18,21)/t11-,16-/m0/s1. The van der Waals surface area contributed by atoms with Gasteiger partial charge >= 0.3 is 0 Å². The topological polar surface area (TPSA) is 89.3 Å². The van der Waals surface area contributed by atoms with Gasteiger partial charge in [0.1, 0.15) is 5.78 Å². The Kier molecular flexibility index (Phi) is 3.55. The van der Waals surface area contributed by atoms with E-state index < -0.39 is 16.8 Å². The second-order valence-corrected chi connectivity index (χ2v) is 6.88. The highest BCUT2D eigenvalue weighted by atomic mass is 16.6. The van der Waals surface area contributed by atoms with Crippen molar-refractivity contribution >= 4 is 17.4 Å². The van der Waals surface area contributed by atoms with Crippen molar-refractivity contribution in [2.75, 3.05) is 0 Å². The maximum Gasteiger partial charge on any atom is 0.272 e. The molecule has 1 N–H and O–H groups in total. The van der Waals surface area contributed by atoms with E-state index in [1.165, 1.54) is 6.07 Å². The van der Waals surface area contributed by atoms with E-state index in [2.05, 4.69) is 5.32 Å². The third-order valence-corrected chi connectivity index (χ3v) is 4.48. The van der Waals surface area contributed by atoms with Crippen LogP contribution < -0.4 is 5.32 Å². The number of nitrogens with zero attached hydrogens (tertiary/aromatic N) is 1. The summed E-state index contributed by atoms with van der Waals surface area (Å²) in [6.45, 7) is 3.88. The average molecular weight is 314 g/mol. The molecular weight excluding hydrogens is 296 g/mol. The van der Waals surface area contributed by atoms with Gasteiger partial charge in [-0.1, -0.05) is 38.1 Å². The average Bonchev–Trinajstić information content (AvgIpc) is 2.44. The Morgan fingerprint density at radius 3 is 2.65 bits per heavy atom. The van der Waals surface area contributed by atoms with Crippen molar-refractivity contribution in [3.63, 3.8) is 0 Å². The van der Waals surface area contributed by atoms with E-state index in [1.807, 2.05) is 19.9 Å². The summed E-state index contributed by atoms with van der Waals surface area (Å²) in [5.74, 6) is -1.18. The number of para-hydroxylation sites is 1. The van der Waals surface area contributed by atoms with Crippen molar-refractivity contribution in [1.82, 2.24) is 5.32 Å². The van der Waals surface area contributed by atoms with Crippen molar-refractivity contribution in [3.8, 4) is 0 Å². The molecule has 2 aliphatic rings. The first-order valence-corrected chi connectivity index (χ1v) is 7.57. The summed E-state index contributed by atoms with van der Waals surface area (Å²) >= 11 is 0. The summed E-state index contributed by atoms with van der Waals surface area (Å²) in [5.41, 5.74) is 0.687. The summed E-state index contributed by atoms with van der Waals surface area (Å²) in [7, 11) is 0. The molecule has 1 heterocycles. The van der Waals surface area contributed by atoms with Gasteiger partial charge in [-0.15, -0.1) is 0 Å². The first-order valence-electron chi connectivity index (χ1n) is 7.57. The highest BCUT2D eigenvalue weighted by Crippen LogP contribution is 2.45. The Balaban J connectivity index is 2.11. The molecule has 0 unspecified atom stereocenters. The maximum atomic E-state index is 12.7. The number of rotatable bonds is 2. The lowest BCUT2D eigenvalue weighted by atomic mass is 9.67. The third-order valence-electron chi connectivity index (χ3n) is 4.48. The van der Waals surface area contributed by atoms with Crippen LogP contribution in [0.1, 0.15) is 38.2 Å². The fourth-order valence-electron chi connectivity index (χ4n) is 3.64. The lowest BCUT2D eigenvalue weighted by Gasteiger charge is -2.39.